The van der Waals surface area contributed by atoms with E-state index in [2.05, 4.69) is 15.3 Å². The molecule has 17 heavy (non-hydrogen) atoms. The van der Waals surface area contributed by atoms with Crippen molar-refractivity contribution < 1.29 is 0 Å². The Balaban J connectivity index is 2.06. The zero-order valence-corrected chi connectivity index (χ0v) is 10.4. The lowest BCUT2D eigenvalue weighted by Crippen LogP contribution is -2.35. The summed E-state index contributed by atoms with van der Waals surface area (Å²) in [5.41, 5.74) is 5.65. The molecule has 0 radical (unpaired) electrons. The highest BCUT2D eigenvalue weighted by atomic mass is 35.5. The van der Waals surface area contributed by atoms with E-state index in [-0.39, 0.29) is 16.0 Å². The van der Waals surface area contributed by atoms with Gasteiger partial charge in [-0.1, -0.05) is 24.4 Å². The molecule has 0 aliphatic heterocycles. The Bertz CT molecular complexity index is 439. The molecule has 1 aliphatic carbocycles. The van der Waals surface area contributed by atoms with Gasteiger partial charge < -0.3 is 16.0 Å². The SMILES string of the molecule is NCC1(CNc2nc[nH]c(=O)c2Cl)CCCC1. The average Bonchev–Trinajstić information content (AvgIpc) is 2.81. The monoisotopic (exact) mass is 256 g/mol. The van der Waals surface area contributed by atoms with E-state index in [9.17, 15) is 4.79 Å². The van der Waals surface area contributed by atoms with Gasteiger partial charge in [0.2, 0.25) is 0 Å². The third-order valence-corrected chi connectivity index (χ3v) is 3.88. The molecule has 2 rings (SSSR count). The van der Waals surface area contributed by atoms with E-state index < -0.39 is 0 Å². The normalized spacial score (nSPS) is 18.2. The largest absolute Gasteiger partial charge is 0.368 e. The van der Waals surface area contributed by atoms with Gasteiger partial charge in [0.1, 0.15) is 5.02 Å². The highest BCUT2D eigenvalue weighted by Crippen LogP contribution is 2.37. The van der Waals surface area contributed by atoms with Crippen molar-refractivity contribution in [3.8, 4) is 0 Å². The van der Waals surface area contributed by atoms with Crippen LogP contribution in [0, 0.1) is 5.41 Å². The van der Waals surface area contributed by atoms with E-state index in [4.69, 9.17) is 17.3 Å². The molecule has 4 N–H and O–H groups in total. The van der Waals surface area contributed by atoms with Gasteiger partial charge in [-0.25, -0.2) is 4.98 Å². The van der Waals surface area contributed by atoms with Crippen LogP contribution < -0.4 is 16.6 Å². The lowest BCUT2D eigenvalue weighted by Gasteiger charge is -2.27. The number of nitrogens with one attached hydrogen (secondary N) is 2. The van der Waals surface area contributed by atoms with Crippen LogP contribution in [-0.4, -0.2) is 23.1 Å². The van der Waals surface area contributed by atoms with Crippen LogP contribution in [0.15, 0.2) is 11.1 Å². The van der Waals surface area contributed by atoms with Gasteiger partial charge in [-0.3, -0.25) is 4.79 Å². The number of nitrogens with zero attached hydrogens (tertiary/aromatic N) is 1. The number of nitrogens with two attached hydrogens (primary N) is 1. The van der Waals surface area contributed by atoms with Crippen LogP contribution in [0.5, 0.6) is 0 Å². The lowest BCUT2D eigenvalue weighted by molar-refractivity contribution is 0.332. The van der Waals surface area contributed by atoms with Gasteiger partial charge in [0.05, 0.1) is 6.33 Å². The fourth-order valence-corrected chi connectivity index (χ4v) is 2.53. The number of hydrogen-bond donors (Lipinski definition) is 3. The zero-order valence-electron chi connectivity index (χ0n) is 9.63. The predicted octanol–water partition coefficient (Wildman–Crippen LogP) is 1.35. The fraction of sp³-hybridized carbons (Fsp3) is 0.636. The number of anilines is 1. The second-order valence-corrected chi connectivity index (χ2v) is 5.04. The molecule has 1 saturated carbocycles. The first-order chi connectivity index (χ1) is 8.17. The van der Waals surface area contributed by atoms with Crippen LogP contribution in [-0.2, 0) is 0 Å². The van der Waals surface area contributed by atoms with Gasteiger partial charge in [0.15, 0.2) is 5.82 Å². The molecule has 0 saturated heterocycles. The number of aromatic amines is 1. The first kappa shape index (κ1) is 12.4. The van der Waals surface area contributed by atoms with Gasteiger partial charge in [0.25, 0.3) is 5.56 Å². The van der Waals surface area contributed by atoms with Crippen LogP contribution in [0.25, 0.3) is 0 Å². The topological polar surface area (TPSA) is 83.8 Å². The molecule has 0 unspecified atom stereocenters. The molecule has 5 nitrogen and oxygen atoms in total. The number of hydrogen-bond acceptors (Lipinski definition) is 4. The van der Waals surface area contributed by atoms with Gasteiger partial charge in [-0.05, 0) is 24.8 Å². The summed E-state index contributed by atoms with van der Waals surface area (Å²) in [4.78, 5) is 17.7. The Morgan fingerprint density at radius 3 is 2.88 bits per heavy atom. The van der Waals surface area contributed by atoms with Crippen LogP contribution in [0.3, 0.4) is 0 Å². The smallest absolute Gasteiger partial charge is 0.271 e. The summed E-state index contributed by atoms with van der Waals surface area (Å²) >= 11 is 5.87. The van der Waals surface area contributed by atoms with Crippen LogP contribution >= 0.6 is 11.6 Å². The fourth-order valence-electron chi connectivity index (χ4n) is 2.36. The Labute approximate surface area is 105 Å². The van der Waals surface area contributed by atoms with Crippen molar-refractivity contribution in [2.75, 3.05) is 18.4 Å². The van der Waals surface area contributed by atoms with E-state index >= 15 is 0 Å². The summed E-state index contributed by atoms with van der Waals surface area (Å²) in [6, 6.07) is 0. The molecule has 0 amide bonds. The molecule has 1 aromatic rings. The minimum Gasteiger partial charge on any atom is -0.368 e. The maximum absolute atomic E-state index is 11.3. The van der Waals surface area contributed by atoms with E-state index in [1.165, 1.54) is 19.2 Å². The highest BCUT2D eigenvalue weighted by Gasteiger charge is 2.32. The average molecular weight is 257 g/mol. The number of rotatable bonds is 4. The molecular formula is C11H17ClN4O. The van der Waals surface area contributed by atoms with Crippen molar-refractivity contribution in [2.45, 2.75) is 25.7 Å². The Kier molecular flexibility index (Phi) is 3.69. The second-order valence-electron chi connectivity index (χ2n) is 4.66. The first-order valence-corrected chi connectivity index (χ1v) is 6.22. The maximum Gasteiger partial charge on any atom is 0.271 e. The molecule has 1 heterocycles. The minimum absolute atomic E-state index is 0.109. The standard InChI is InChI=1S/C11H17ClN4O/c12-8-9(15-7-16-10(8)17)14-6-11(5-13)3-1-2-4-11/h7H,1-6,13H2,(H2,14,15,16,17). The molecule has 0 bridgehead atoms. The lowest BCUT2D eigenvalue weighted by atomic mass is 9.86. The summed E-state index contributed by atoms with van der Waals surface area (Å²) in [6.07, 6.45) is 6.03. The molecule has 0 aromatic carbocycles. The van der Waals surface area contributed by atoms with Crippen molar-refractivity contribution in [3.63, 3.8) is 0 Å². The predicted molar refractivity (Wildman–Crippen MR) is 68.3 cm³/mol. The summed E-state index contributed by atoms with van der Waals surface area (Å²) in [5, 5.41) is 3.25. The summed E-state index contributed by atoms with van der Waals surface area (Å²) in [6.45, 7) is 1.38. The summed E-state index contributed by atoms with van der Waals surface area (Å²) in [5.74, 6) is 0.440. The first-order valence-electron chi connectivity index (χ1n) is 5.84. The molecule has 1 aromatic heterocycles. The van der Waals surface area contributed by atoms with Crippen LogP contribution in [0.2, 0.25) is 5.02 Å². The number of H-pyrrole nitrogens is 1. The van der Waals surface area contributed by atoms with Crippen LogP contribution in [0.1, 0.15) is 25.7 Å². The van der Waals surface area contributed by atoms with E-state index in [0.29, 0.717) is 12.4 Å². The minimum atomic E-state index is -0.322. The molecule has 94 valence electrons. The maximum atomic E-state index is 11.3. The number of halogens is 1. The van der Waals surface area contributed by atoms with Gasteiger partial charge in [0, 0.05) is 6.54 Å². The quantitative estimate of drug-likeness (QED) is 0.759. The van der Waals surface area contributed by atoms with Crippen molar-refractivity contribution in [3.05, 3.63) is 21.7 Å². The summed E-state index contributed by atoms with van der Waals surface area (Å²) < 4.78 is 0. The van der Waals surface area contributed by atoms with Gasteiger partial charge >= 0.3 is 0 Å². The van der Waals surface area contributed by atoms with E-state index in [1.807, 2.05) is 0 Å². The third kappa shape index (κ3) is 2.61. The third-order valence-electron chi connectivity index (χ3n) is 3.52. The second kappa shape index (κ2) is 5.06. The molecule has 6 heteroatoms. The van der Waals surface area contributed by atoms with Crippen molar-refractivity contribution in [1.82, 2.24) is 9.97 Å². The highest BCUT2D eigenvalue weighted by molar-refractivity contribution is 6.32. The number of aromatic nitrogens is 2. The van der Waals surface area contributed by atoms with Crippen molar-refractivity contribution in [1.29, 1.82) is 0 Å². The molecule has 0 atom stereocenters. The Hall–Kier alpha value is -1.07. The molecule has 1 fully saturated rings. The Morgan fingerprint density at radius 2 is 2.24 bits per heavy atom. The van der Waals surface area contributed by atoms with Crippen LogP contribution in [0.4, 0.5) is 5.82 Å². The van der Waals surface area contributed by atoms with Crippen molar-refractivity contribution >= 4 is 17.4 Å². The molecule has 0 spiro atoms. The zero-order chi connectivity index (χ0) is 12.3. The molecule has 1 aliphatic rings. The van der Waals surface area contributed by atoms with Crippen molar-refractivity contribution in [2.24, 2.45) is 11.1 Å². The van der Waals surface area contributed by atoms with Gasteiger partial charge in [-0.15, -0.1) is 0 Å². The van der Waals surface area contributed by atoms with Gasteiger partial charge in [-0.2, -0.15) is 0 Å². The molecular weight excluding hydrogens is 240 g/mol. The summed E-state index contributed by atoms with van der Waals surface area (Å²) in [7, 11) is 0. The van der Waals surface area contributed by atoms with E-state index in [1.54, 1.807) is 0 Å². The Morgan fingerprint density at radius 1 is 1.53 bits per heavy atom. The van der Waals surface area contributed by atoms with E-state index in [0.717, 1.165) is 19.4 Å².